The maximum atomic E-state index is 12.0. The Hall–Kier alpha value is -3.92. The first-order valence-electron chi connectivity index (χ1n) is 8.87. The van der Waals surface area contributed by atoms with E-state index >= 15 is 0 Å². The monoisotopic (exact) mass is 368 g/mol. The molecule has 3 aromatic rings. The van der Waals surface area contributed by atoms with Gasteiger partial charge in [-0.1, -0.05) is 60.7 Å². The van der Waals surface area contributed by atoms with Crippen LogP contribution in [0.4, 0.5) is 11.4 Å². The lowest BCUT2D eigenvalue weighted by molar-refractivity contribution is 0.103. The Morgan fingerprint density at radius 1 is 0.536 bits per heavy atom. The fourth-order valence-electron chi connectivity index (χ4n) is 2.49. The maximum absolute atomic E-state index is 12.0. The van der Waals surface area contributed by atoms with Gasteiger partial charge in [0.1, 0.15) is 0 Å². The standard InChI is InChI=1S/C24H20N2O2/c27-23(19-7-3-1-4-8-19)15-17-25-21-11-13-22(14-12-21)26-18-16-24(28)20-9-5-2-6-10-20/h1-18,25-26H. The van der Waals surface area contributed by atoms with Crippen molar-refractivity contribution in [2.45, 2.75) is 0 Å². The van der Waals surface area contributed by atoms with Gasteiger partial charge in [-0.2, -0.15) is 0 Å². The van der Waals surface area contributed by atoms with E-state index in [1.54, 1.807) is 36.7 Å². The summed E-state index contributed by atoms with van der Waals surface area (Å²) in [4.78, 5) is 24.0. The van der Waals surface area contributed by atoms with E-state index < -0.39 is 0 Å². The van der Waals surface area contributed by atoms with Gasteiger partial charge in [0.05, 0.1) is 0 Å². The molecule has 0 atom stereocenters. The third kappa shape index (κ3) is 5.54. The van der Waals surface area contributed by atoms with Crippen LogP contribution in [0.3, 0.4) is 0 Å². The molecule has 0 bridgehead atoms. The van der Waals surface area contributed by atoms with Crippen molar-refractivity contribution in [2.24, 2.45) is 0 Å². The van der Waals surface area contributed by atoms with E-state index in [-0.39, 0.29) is 11.6 Å². The zero-order chi connectivity index (χ0) is 19.6. The largest absolute Gasteiger partial charge is 0.362 e. The first-order chi connectivity index (χ1) is 13.7. The molecule has 0 aliphatic heterocycles. The Balaban J connectivity index is 1.49. The van der Waals surface area contributed by atoms with Gasteiger partial charge in [0, 0.05) is 47.1 Å². The molecule has 0 spiro atoms. The lowest BCUT2D eigenvalue weighted by Crippen LogP contribution is -1.96. The van der Waals surface area contributed by atoms with Crippen LogP contribution in [-0.4, -0.2) is 11.6 Å². The van der Waals surface area contributed by atoms with E-state index in [1.807, 2.05) is 60.7 Å². The highest BCUT2D eigenvalue weighted by Gasteiger charge is 2.00. The molecule has 0 amide bonds. The van der Waals surface area contributed by atoms with Crippen LogP contribution in [0.25, 0.3) is 0 Å². The molecule has 0 aliphatic rings. The topological polar surface area (TPSA) is 58.2 Å². The predicted octanol–water partition coefficient (Wildman–Crippen LogP) is 5.30. The first kappa shape index (κ1) is 18.9. The molecule has 0 aromatic heterocycles. The number of hydrogen-bond donors (Lipinski definition) is 2. The average Bonchev–Trinajstić information content (AvgIpc) is 2.76. The first-order valence-corrected chi connectivity index (χ1v) is 8.87. The number of rotatable bonds is 8. The minimum absolute atomic E-state index is 0.0559. The van der Waals surface area contributed by atoms with Gasteiger partial charge in [-0.05, 0) is 24.3 Å². The Bertz CT molecular complexity index is 894. The third-order valence-electron chi connectivity index (χ3n) is 3.97. The van der Waals surface area contributed by atoms with Crippen LogP contribution in [0.1, 0.15) is 20.7 Å². The second kappa shape index (κ2) is 9.69. The molecule has 4 heteroatoms. The molecule has 28 heavy (non-hydrogen) atoms. The molecule has 138 valence electrons. The van der Waals surface area contributed by atoms with E-state index in [2.05, 4.69) is 10.6 Å². The molecule has 0 fully saturated rings. The summed E-state index contributed by atoms with van der Waals surface area (Å²) in [5.74, 6) is -0.112. The summed E-state index contributed by atoms with van der Waals surface area (Å²) in [7, 11) is 0. The maximum Gasteiger partial charge on any atom is 0.187 e. The fourth-order valence-corrected chi connectivity index (χ4v) is 2.49. The molecule has 3 aromatic carbocycles. The summed E-state index contributed by atoms with van der Waals surface area (Å²) in [5, 5.41) is 6.13. The SMILES string of the molecule is O=C(C=CNc1ccc(NC=CC(=O)c2ccccc2)cc1)c1ccccc1. The molecule has 0 heterocycles. The van der Waals surface area contributed by atoms with Gasteiger partial charge in [0.25, 0.3) is 0 Å². The van der Waals surface area contributed by atoms with Crippen LogP contribution in [0, 0.1) is 0 Å². The highest BCUT2D eigenvalue weighted by molar-refractivity contribution is 6.05. The zero-order valence-corrected chi connectivity index (χ0v) is 15.2. The van der Waals surface area contributed by atoms with Gasteiger partial charge in [-0.3, -0.25) is 9.59 Å². The van der Waals surface area contributed by atoms with E-state index in [9.17, 15) is 9.59 Å². The fraction of sp³-hybridized carbons (Fsp3) is 0. The molecule has 4 nitrogen and oxygen atoms in total. The molecule has 3 rings (SSSR count). The Labute approximate surface area is 164 Å². The van der Waals surface area contributed by atoms with Crippen molar-refractivity contribution in [1.29, 1.82) is 0 Å². The molecule has 0 radical (unpaired) electrons. The summed E-state index contributed by atoms with van der Waals surface area (Å²) in [6.07, 6.45) is 6.24. The van der Waals surface area contributed by atoms with Gasteiger partial charge in [-0.25, -0.2) is 0 Å². The number of allylic oxidation sites excluding steroid dienone is 2. The van der Waals surface area contributed by atoms with E-state index in [1.165, 1.54) is 12.2 Å². The van der Waals surface area contributed by atoms with Gasteiger partial charge < -0.3 is 10.6 Å². The van der Waals surface area contributed by atoms with Crippen LogP contribution in [0.2, 0.25) is 0 Å². The van der Waals surface area contributed by atoms with Crippen LogP contribution >= 0.6 is 0 Å². The molecule has 0 saturated heterocycles. The molecule has 0 unspecified atom stereocenters. The summed E-state index contributed by atoms with van der Waals surface area (Å²) < 4.78 is 0. The Morgan fingerprint density at radius 3 is 1.25 bits per heavy atom. The second-order valence-corrected chi connectivity index (χ2v) is 5.99. The van der Waals surface area contributed by atoms with Crippen molar-refractivity contribution in [2.75, 3.05) is 10.6 Å². The van der Waals surface area contributed by atoms with Crippen molar-refractivity contribution in [3.05, 3.63) is 121 Å². The van der Waals surface area contributed by atoms with Crippen LogP contribution in [-0.2, 0) is 0 Å². The lowest BCUT2D eigenvalue weighted by atomic mass is 10.1. The van der Waals surface area contributed by atoms with Crippen molar-refractivity contribution in [3.63, 3.8) is 0 Å². The summed E-state index contributed by atoms with van der Waals surface area (Å²) >= 11 is 0. The molecular weight excluding hydrogens is 348 g/mol. The van der Waals surface area contributed by atoms with Gasteiger partial charge >= 0.3 is 0 Å². The number of nitrogens with one attached hydrogen (secondary N) is 2. The lowest BCUT2D eigenvalue weighted by Gasteiger charge is -2.04. The average molecular weight is 368 g/mol. The number of hydrogen-bond acceptors (Lipinski definition) is 4. The highest BCUT2D eigenvalue weighted by atomic mass is 16.1. The van der Waals surface area contributed by atoms with Gasteiger partial charge in [0.2, 0.25) is 0 Å². The van der Waals surface area contributed by atoms with Crippen molar-refractivity contribution < 1.29 is 9.59 Å². The number of carbonyl (C=O) groups excluding carboxylic acids is 2. The van der Waals surface area contributed by atoms with Crippen molar-refractivity contribution in [3.8, 4) is 0 Å². The second-order valence-electron chi connectivity index (χ2n) is 5.99. The van der Waals surface area contributed by atoms with Crippen molar-refractivity contribution >= 4 is 22.9 Å². The highest BCUT2D eigenvalue weighted by Crippen LogP contribution is 2.14. The van der Waals surface area contributed by atoms with Gasteiger partial charge in [-0.15, -0.1) is 0 Å². The van der Waals surface area contributed by atoms with E-state index in [4.69, 9.17) is 0 Å². The van der Waals surface area contributed by atoms with E-state index in [0.29, 0.717) is 11.1 Å². The normalized spacial score (nSPS) is 10.9. The predicted molar refractivity (Wildman–Crippen MR) is 114 cm³/mol. The quantitative estimate of drug-likeness (QED) is 0.418. The van der Waals surface area contributed by atoms with Gasteiger partial charge in [0.15, 0.2) is 11.6 Å². The smallest absolute Gasteiger partial charge is 0.187 e. The van der Waals surface area contributed by atoms with Crippen molar-refractivity contribution in [1.82, 2.24) is 0 Å². The minimum Gasteiger partial charge on any atom is -0.362 e. The summed E-state index contributed by atoms with van der Waals surface area (Å²) in [6, 6.07) is 25.7. The Morgan fingerprint density at radius 2 is 0.893 bits per heavy atom. The molecule has 0 saturated carbocycles. The summed E-state index contributed by atoms with van der Waals surface area (Å²) in [5.41, 5.74) is 3.01. The van der Waals surface area contributed by atoms with Crippen LogP contribution in [0.15, 0.2) is 109 Å². The Kier molecular flexibility index (Phi) is 6.53. The van der Waals surface area contributed by atoms with Crippen LogP contribution in [0.5, 0.6) is 0 Å². The van der Waals surface area contributed by atoms with E-state index in [0.717, 1.165) is 11.4 Å². The molecule has 0 aliphatic carbocycles. The molecule has 2 N–H and O–H groups in total. The summed E-state index contributed by atoms with van der Waals surface area (Å²) in [6.45, 7) is 0. The zero-order valence-electron chi connectivity index (χ0n) is 15.2. The third-order valence-corrected chi connectivity index (χ3v) is 3.97. The number of carbonyl (C=O) groups is 2. The minimum atomic E-state index is -0.0559. The van der Waals surface area contributed by atoms with Crippen LogP contribution < -0.4 is 10.6 Å². The number of benzene rings is 3. The number of anilines is 2. The number of ketones is 2. The molecular formula is C24H20N2O2.